The van der Waals surface area contributed by atoms with Gasteiger partial charge in [-0.1, -0.05) is 12.1 Å². The van der Waals surface area contributed by atoms with Crippen molar-refractivity contribution in [2.24, 2.45) is 4.99 Å². The van der Waals surface area contributed by atoms with Gasteiger partial charge < -0.3 is 0 Å². The number of hydrogen-bond acceptors (Lipinski definition) is 3. The Morgan fingerprint density at radius 3 is 2.76 bits per heavy atom. The Morgan fingerprint density at radius 1 is 1.24 bits per heavy atom. The van der Waals surface area contributed by atoms with Gasteiger partial charge in [-0.25, -0.2) is 0 Å². The third-order valence-corrected chi connectivity index (χ3v) is 2.35. The summed E-state index contributed by atoms with van der Waals surface area (Å²) in [4.78, 5) is 8.55. The number of aromatic nitrogens is 1. The zero-order chi connectivity index (χ0) is 12.1. The molecule has 17 heavy (non-hydrogen) atoms. The van der Waals surface area contributed by atoms with Gasteiger partial charge in [-0.15, -0.1) is 0 Å². The van der Waals surface area contributed by atoms with E-state index in [1.165, 1.54) is 0 Å². The fraction of sp³-hybridized carbons (Fsp3) is 0.0714. The molecule has 0 saturated heterocycles. The summed E-state index contributed by atoms with van der Waals surface area (Å²) >= 11 is 0. The Labute approximate surface area is 100 Å². The van der Waals surface area contributed by atoms with Crippen LogP contribution >= 0.6 is 0 Å². The van der Waals surface area contributed by atoms with E-state index >= 15 is 0 Å². The Kier molecular flexibility index (Phi) is 3.27. The van der Waals surface area contributed by atoms with Crippen LogP contribution in [0, 0.1) is 11.3 Å². The summed E-state index contributed by atoms with van der Waals surface area (Å²) < 4.78 is 0. The summed E-state index contributed by atoms with van der Waals surface area (Å²) in [7, 11) is 0. The molecule has 3 heteroatoms. The zero-order valence-electron chi connectivity index (χ0n) is 9.46. The lowest BCUT2D eigenvalue weighted by atomic mass is 10.0. The number of benzene rings is 1. The second-order valence-electron chi connectivity index (χ2n) is 3.41. The fourth-order valence-electron chi connectivity index (χ4n) is 1.66. The van der Waals surface area contributed by atoms with E-state index in [0.717, 1.165) is 16.9 Å². The Balaban J connectivity index is 2.70. The van der Waals surface area contributed by atoms with E-state index in [1.54, 1.807) is 18.5 Å². The van der Waals surface area contributed by atoms with E-state index in [9.17, 15) is 0 Å². The van der Waals surface area contributed by atoms with Gasteiger partial charge >= 0.3 is 0 Å². The first-order valence-corrected chi connectivity index (χ1v) is 5.30. The molecule has 1 aromatic carbocycles. The van der Waals surface area contributed by atoms with Crippen molar-refractivity contribution in [2.75, 3.05) is 0 Å². The van der Waals surface area contributed by atoms with Crippen LogP contribution in [0.1, 0.15) is 12.5 Å². The van der Waals surface area contributed by atoms with Crippen LogP contribution in [0.3, 0.4) is 0 Å². The monoisotopic (exact) mass is 221 g/mol. The van der Waals surface area contributed by atoms with E-state index < -0.39 is 0 Å². The standard InChI is InChI=1S/C14H11N3/c1-2-16-12-8-5-6-11(10-15)14(12)13-7-3-4-9-17-13/h2-9H,1H3. The van der Waals surface area contributed by atoms with E-state index in [1.807, 2.05) is 37.3 Å². The van der Waals surface area contributed by atoms with Gasteiger partial charge in [0.25, 0.3) is 0 Å². The van der Waals surface area contributed by atoms with Gasteiger partial charge in [-0.2, -0.15) is 5.26 Å². The van der Waals surface area contributed by atoms with E-state index in [2.05, 4.69) is 16.0 Å². The highest BCUT2D eigenvalue weighted by Gasteiger charge is 2.10. The quantitative estimate of drug-likeness (QED) is 0.730. The summed E-state index contributed by atoms with van der Waals surface area (Å²) in [6.45, 7) is 1.85. The molecule has 0 bridgehead atoms. The first-order valence-electron chi connectivity index (χ1n) is 5.30. The number of pyridine rings is 1. The van der Waals surface area contributed by atoms with E-state index in [0.29, 0.717) is 5.56 Å². The number of nitrogens with zero attached hydrogens (tertiary/aromatic N) is 3. The SMILES string of the molecule is CC=Nc1cccc(C#N)c1-c1ccccn1. The second-order valence-corrected chi connectivity index (χ2v) is 3.41. The maximum atomic E-state index is 9.14. The van der Waals surface area contributed by atoms with Gasteiger partial charge in [0.15, 0.2) is 0 Å². The van der Waals surface area contributed by atoms with Crippen LogP contribution in [0.5, 0.6) is 0 Å². The molecule has 3 nitrogen and oxygen atoms in total. The highest BCUT2D eigenvalue weighted by molar-refractivity contribution is 5.81. The van der Waals surface area contributed by atoms with Crippen LogP contribution in [0.4, 0.5) is 5.69 Å². The number of rotatable bonds is 2. The van der Waals surface area contributed by atoms with Crippen LogP contribution in [-0.4, -0.2) is 11.2 Å². The molecule has 2 aromatic rings. The highest BCUT2D eigenvalue weighted by atomic mass is 14.7. The molecule has 82 valence electrons. The molecule has 1 aromatic heterocycles. The number of aliphatic imine (C=N–C) groups is 1. The zero-order valence-corrected chi connectivity index (χ0v) is 9.46. The van der Waals surface area contributed by atoms with Crippen LogP contribution in [0.25, 0.3) is 11.3 Å². The first kappa shape index (κ1) is 11.0. The van der Waals surface area contributed by atoms with Gasteiger partial charge in [0.2, 0.25) is 0 Å². The predicted octanol–water partition coefficient (Wildman–Crippen LogP) is 3.34. The fourth-order valence-corrected chi connectivity index (χ4v) is 1.66. The molecule has 0 N–H and O–H groups in total. The van der Waals surface area contributed by atoms with Crippen molar-refractivity contribution in [2.45, 2.75) is 6.92 Å². The number of nitriles is 1. The molecule has 0 aliphatic heterocycles. The smallest absolute Gasteiger partial charge is 0.0999 e. The maximum absolute atomic E-state index is 9.14. The summed E-state index contributed by atoms with van der Waals surface area (Å²) in [5, 5.41) is 9.14. The highest BCUT2D eigenvalue weighted by Crippen LogP contribution is 2.31. The van der Waals surface area contributed by atoms with Crippen molar-refractivity contribution in [1.29, 1.82) is 5.26 Å². The van der Waals surface area contributed by atoms with E-state index in [-0.39, 0.29) is 0 Å². The lowest BCUT2D eigenvalue weighted by Gasteiger charge is -2.06. The average molecular weight is 221 g/mol. The van der Waals surface area contributed by atoms with Crippen molar-refractivity contribution in [3.05, 3.63) is 48.2 Å². The minimum Gasteiger partial charge on any atom is -0.261 e. The summed E-state index contributed by atoms with van der Waals surface area (Å²) in [5.41, 5.74) is 2.91. The molecule has 0 radical (unpaired) electrons. The Bertz CT molecular complexity index is 580. The third-order valence-electron chi connectivity index (χ3n) is 2.35. The molecule has 0 amide bonds. The lowest BCUT2D eigenvalue weighted by Crippen LogP contribution is -1.88. The van der Waals surface area contributed by atoms with Crippen molar-refractivity contribution < 1.29 is 0 Å². The molecular weight excluding hydrogens is 210 g/mol. The van der Waals surface area contributed by atoms with E-state index in [4.69, 9.17) is 5.26 Å². The van der Waals surface area contributed by atoms with Crippen LogP contribution in [-0.2, 0) is 0 Å². The second kappa shape index (κ2) is 5.04. The van der Waals surface area contributed by atoms with Crippen LogP contribution in [0.2, 0.25) is 0 Å². The van der Waals surface area contributed by atoms with Crippen molar-refractivity contribution in [3.63, 3.8) is 0 Å². The molecule has 0 aliphatic carbocycles. The van der Waals surface area contributed by atoms with Crippen molar-refractivity contribution in [3.8, 4) is 17.3 Å². The summed E-state index contributed by atoms with van der Waals surface area (Å²) in [6, 6.07) is 13.3. The minimum absolute atomic E-state index is 0.590. The molecule has 0 aliphatic rings. The molecule has 0 atom stereocenters. The molecule has 2 rings (SSSR count). The largest absolute Gasteiger partial charge is 0.261 e. The Morgan fingerprint density at radius 2 is 2.12 bits per heavy atom. The average Bonchev–Trinajstić information content (AvgIpc) is 2.40. The molecule has 0 fully saturated rings. The maximum Gasteiger partial charge on any atom is 0.0999 e. The lowest BCUT2D eigenvalue weighted by molar-refractivity contribution is 1.31. The molecule has 0 saturated carbocycles. The van der Waals surface area contributed by atoms with Crippen LogP contribution in [0.15, 0.2) is 47.6 Å². The van der Waals surface area contributed by atoms with Gasteiger partial charge in [0.05, 0.1) is 23.0 Å². The number of hydrogen-bond donors (Lipinski definition) is 0. The van der Waals surface area contributed by atoms with Gasteiger partial charge in [-0.3, -0.25) is 9.98 Å². The minimum atomic E-state index is 0.590. The molecule has 1 heterocycles. The first-order chi connectivity index (χ1) is 8.36. The van der Waals surface area contributed by atoms with Crippen LogP contribution < -0.4 is 0 Å². The third kappa shape index (κ3) is 2.21. The molecular formula is C14H11N3. The molecule has 0 unspecified atom stereocenters. The summed E-state index contributed by atoms with van der Waals surface area (Å²) in [6.07, 6.45) is 3.42. The van der Waals surface area contributed by atoms with Crippen molar-refractivity contribution in [1.82, 2.24) is 4.98 Å². The van der Waals surface area contributed by atoms with Crippen molar-refractivity contribution >= 4 is 11.9 Å². The topological polar surface area (TPSA) is 49.0 Å². The summed E-state index contributed by atoms with van der Waals surface area (Å²) in [5.74, 6) is 0. The van der Waals surface area contributed by atoms with Gasteiger partial charge in [-0.05, 0) is 31.2 Å². The van der Waals surface area contributed by atoms with Gasteiger partial charge in [0.1, 0.15) is 0 Å². The Hall–Kier alpha value is -2.47. The predicted molar refractivity (Wildman–Crippen MR) is 68.2 cm³/mol. The normalized spacial score (nSPS) is 10.4. The van der Waals surface area contributed by atoms with Gasteiger partial charge in [0, 0.05) is 18.0 Å². The molecule has 0 spiro atoms.